The van der Waals surface area contributed by atoms with E-state index in [0.717, 1.165) is 0 Å². The van der Waals surface area contributed by atoms with Crippen molar-refractivity contribution in [3.05, 3.63) is 30.0 Å². The van der Waals surface area contributed by atoms with Crippen LogP contribution in [0.4, 0.5) is 0 Å². The topological polar surface area (TPSA) is 73.6 Å². The zero-order chi connectivity index (χ0) is 14.0. The molecule has 0 aliphatic rings. The lowest BCUT2D eigenvalue weighted by atomic mass is 10.1. The van der Waals surface area contributed by atoms with Crippen LogP contribution in [0.3, 0.4) is 0 Å². The van der Waals surface area contributed by atoms with E-state index in [1.54, 1.807) is 39.5 Å². The van der Waals surface area contributed by atoms with Gasteiger partial charge >= 0.3 is 5.97 Å². The molecule has 0 amide bonds. The molecule has 0 aliphatic carbocycles. The number of ether oxygens (including phenoxy) is 2. The molecule has 0 fully saturated rings. The van der Waals surface area contributed by atoms with Crippen LogP contribution in [-0.4, -0.2) is 35.1 Å². The Morgan fingerprint density at radius 1 is 1.26 bits per heavy atom. The number of carboxylic acids is 1. The molecule has 2 aromatic rings. The van der Waals surface area contributed by atoms with Gasteiger partial charge in [-0.2, -0.15) is 5.10 Å². The molecule has 19 heavy (non-hydrogen) atoms. The molecule has 1 heterocycles. The molecule has 0 radical (unpaired) electrons. The summed E-state index contributed by atoms with van der Waals surface area (Å²) in [6.07, 6.45) is 0. The van der Waals surface area contributed by atoms with E-state index in [4.69, 9.17) is 14.6 Å². The second kappa shape index (κ2) is 5.01. The highest BCUT2D eigenvalue weighted by atomic mass is 16.5. The average molecular weight is 262 g/mol. The van der Waals surface area contributed by atoms with E-state index in [0.29, 0.717) is 22.8 Å². The fourth-order valence-electron chi connectivity index (χ4n) is 1.81. The molecule has 0 bridgehead atoms. The summed E-state index contributed by atoms with van der Waals surface area (Å²) in [6.45, 7) is 0. The summed E-state index contributed by atoms with van der Waals surface area (Å²) in [5, 5.41) is 13.2. The first kappa shape index (κ1) is 12.9. The molecule has 0 atom stereocenters. The first-order valence-electron chi connectivity index (χ1n) is 5.56. The summed E-state index contributed by atoms with van der Waals surface area (Å²) in [7, 11) is 4.69. The van der Waals surface area contributed by atoms with Gasteiger partial charge in [-0.3, -0.25) is 4.68 Å². The van der Waals surface area contributed by atoms with Crippen LogP contribution in [0, 0.1) is 0 Å². The van der Waals surface area contributed by atoms with E-state index in [1.807, 2.05) is 0 Å². The lowest BCUT2D eigenvalue weighted by Gasteiger charge is -2.08. The lowest BCUT2D eigenvalue weighted by molar-refractivity contribution is 0.0685. The van der Waals surface area contributed by atoms with E-state index in [9.17, 15) is 4.79 Å². The number of methoxy groups -OCH3 is 2. The Balaban J connectivity index is 2.52. The third kappa shape index (κ3) is 2.37. The average Bonchev–Trinajstić information content (AvgIpc) is 2.80. The van der Waals surface area contributed by atoms with E-state index in [-0.39, 0.29) is 5.69 Å². The third-order valence-corrected chi connectivity index (χ3v) is 2.78. The van der Waals surface area contributed by atoms with Crippen molar-refractivity contribution in [2.24, 2.45) is 7.05 Å². The van der Waals surface area contributed by atoms with Gasteiger partial charge in [0.05, 0.1) is 19.9 Å². The fourth-order valence-corrected chi connectivity index (χ4v) is 1.81. The minimum Gasteiger partial charge on any atom is -0.497 e. The number of carbonyl (C=O) groups is 1. The molecule has 1 N–H and O–H groups in total. The maximum absolute atomic E-state index is 11.0. The smallest absolute Gasteiger partial charge is 0.354 e. The van der Waals surface area contributed by atoms with Crippen molar-refractivity contribution in [2.45, 2.75) is 0 Å². The monoisotopic (exact) mass is 262 g/mol. The van der Waals surface area contributed by atoms with Crippen molar-refractivity contribution < 1.29 is 19.4 Å². The number of hydrogen-bond donors (Lipinski definition) is 1. The largest absolute Gasteiger partial charge is 0.497 e. The molecule has 0 saturated carbocycles. The van der Waals surface area contributed by atoms with E-state index in [1.165, 1.54) is 10.7 Å². The highest BCUT2D eigenvalue weighted by molar-refractivity contribution is 5.87. The maximum atomic E-state index is 11.0. The summed E-state index contributed by atoms with van der Waals surface area (Å²) in [5.74, 6) is 0.220. The van der Waals surface area contributed by atoms with Gasteiger partial charge in [0.15, 0.2) is 0 Å². The minimum absolute atomic E-state index is 0.118. The SMILES string of the molecule is COc1ccc(-c2cc(C(=O)O)n(C)n2)c(OC)c1. The normalized spacial score (nSPS) is 10.3. The van der Waals surface area contributed by atoms with Crippen molar-refractivity contribution in [2.75, 3.05) is 14.2 Å². The van der Waals surface area contributed by atoms with E-state index >= 15 is 0 Å². The molecular weight excluding hydrogens is 248 g/mol. The van der Waals surface area contributed by atoms with Crippen molar-refractivity contribution in [3.8, 4) is 22.8 Å². The Morgan fingerprint density at radius 2 is 2.00 bits per heavy atom. The van der Waals surface area contributed by atoms with Crippen molar-refractivity contribution in [1.29, 1.82) is 0 Å². The van der Waals surface area contributed by atoms with Gasteiger partial charge in [-0.25, -0.2) is 4.79 Å². The second-order valence-corrected chi connectivity index (χ2v) is 3.91. The van der Waals surface area contributed by atoms with Crippen molar-refractivity contribution in [1.82, 2.24) is 9.78 Å². The predicted octanol–water partition coefficient (Wildman–Crippen LogP) is 1.80. The van der Waals surface area contributed by atoms with Gasteiger partial charge in [0.25, 0.3) is 0 Å². The van der Waals surface area contributed by atoms with Crippen LogP contribution in [0.15, 0.2) is 24.3 Å². The Hall–Kier alpha value is -2.50. The van der Waals surface area contributed by atoms with Crippen molar-refractivity contribution in [3.63, 3.8) is 0 Å². The zero-order valence-electron chi connectivity index (χ0n) is 10.9. The fraction of sp³-hybridized carbons (Fsp3) is 0.231. The van der Waals surface area contributed by atoms with Crippen LogP contribution in [0.1, 0.15) is 10.5 Å². The summed E-state index contributed by atoms with van der Waals surface area (Å²) in [5.41, 5.74) is 1.37. The van der Waals surface area contributed by atoms with Gasteiger partial charge in [0, 0.05) is 18.7 Å². The molecule has 2 rings (SSSR count). The van der Waals surface area contributed by atoms with Crippen LogP contribution in [0.5, 0.6) is 11.5 Å². The Morgan fingerprint density at radius 3 is 2.53 bits per heavy atom. The number of hydrogen-bond acceptors (Lipinski definition) is 4. The molecule has 6 nitrogen and oxygen atoms in total. The molecule has 0 aliphatic heterocycles. The van der Waals surface area contributed by atoms with E-state index < -0.39 is 5.97 Å². The number of aromatic nitrogens is 2. The first-order valence-corrected chi connectivity index (χ1v) is 5.56. The highest BCUT2D eigenvalue weighted by Crippen LogP contribution is 2.32. The summed E-state index contributed by atoms with van der Waals surface area (Å²) < 4.78 is 11.7. The van der Waals surface area contributed by atoms with Gasteiger partial charge in [-0.05, 0) is 18.2 Å². The second-order valence-electron chi connectivity index (χ2n) is 3.91. The molecule has 0 spiro atoms. The predicted molar refractivity (Wildman–Crippen MR) is 68.7 cm³/mol. The summed E-state index contributed by atoms with van der Waals surface area (Å²) >= 11 is 0. The standard InChI is InChI=1S/C13H14N2O4/c1-15-11(13(16)17)7-10(14-15)9-5-4-8(18-2)6-12(9)19-3/h4-7H,1-3H3,(H,16,17). The Bertz CT molecular complexity index is 619. The summed E-state index contributed by atoms with van der Waals surface area (Å²) in [4.78, 5) is 11.0. The van der Waals surface area contributed by atoms with Crippen molar-refractivity contribution >= 4 is 5.97 Å². The van der Waals surface area contributed by atoms with Gasteiger partial charge in [0.2, 0.25) is 0 Å². The lowest BCUT2D eigenvalue weighted by Crippen LogP contribution is -2.04. The molecule has 1 aromatic heterocycles. The van der Waals surface area contributed by atoms with Gasteiger partial charge in [-0.1, -0.05) is 0 Å². The van der Waals surface area contributed by atoms with Crippen LogP contribution in [-0.2, 0) is 7.05 Å². The molecule has 0 unspecified atom stereocenters. The zero-order valence-corrected chi connectivity index (χ0v) is 10.9. The number of carboxylic acid groups (broad SMARTS) is 1. The number of benzene rings is 1. The maximum Gasteiger partial charge on any atom is 0.354 e. The highest BCUT2D eigenvalue weighted by Gasteiger charge is 2.16. The Kier molecular flexibility index (Phi) is 3.41. The van der Waals surface area contributed by atoms with Crippen LogP contribution in [0.2, 0.25) is 0 Å². The number of rotatable bonds is 4. The van der Waals surface area contributed by atoms with Gasteiger partial charge in [0.1, 0.15) is 17.2 Å². The molecule has 1 aromatic carbocycles. The first-order chi connectivity index (χ1) is 9.06. The molecule has 100 valence electrons. The molecule has 0 saturated heterocycles. The third-order valence-electron chi connectivity index (χ3n) is 2.78. The summed E-state index contributed by atoms with van der Waals surface area (Å²) in [6, 6.07) is 6.79. The van der Waals surface area contributed by atoms with Gasteiger partial charge < -0.3 is 14.6 Å². The van der Waals surface area contributed by atoms with E-state index in [2.05, 4.69) is 5.10 Å². The number of nitrogens with zero attached hydrogens (tertiary/aromatic N) is 2. The van der Waals surface area contributed by atoms with Crippen LogP contribution < -0.4 is 9.47 Å². The number of aryl methyl sites for hydroxylation is 1. The van der Waals surface area contributed by atoms with Gasteiger partial charge in [-0.15, -0.1) is 0 Å². The molecular formula is C13H14N2O4. The molecule has 6 heteroatoms. The number of aromatic carboxylic acids is 1. The minimum atomic E-state index is -1.02. The quantitative estimate of drug-likeness (QED) is 0.909. The van der Waals surface area contributed by atoms with Crippen LogP contribution >= 0.6 is 0 Å². The Labute approximate surface area is 110 Å². The van der Waals surface area contributed by atoms with Crippen LogP contribution in [0.25, 0.3) is 11.3 Å².